The largest absolute Gasteiger partial charge is 0.493 e. The first kappa shape index (κ1) is 13.4. The van der Waals surface area contributed by atoms with Crippen molar-refractivity contribution >= 4 is 22.1 Å². The number of rotatable bonds is 3. The van der Waals surface area contributed by atoms with Crippen molar-refractivity contribution in [2.24, 2.45) is 0 Å². The Hall–Kier alpha value is -3.22. The predicted octanol–water partition coefficient (Wildman–Crippen LogP) is 2.38. The minimum atomic E-state index is 0.637. The van der Waals surface area contributed by atoms with Gasteiger partial charge in [-0.05, 0) is 12.1 Å². The molecule has 0 saturated carbocycles. The number of ether oxygens (including phenoxy) is 2. The summed E-state index contributed by atoms with van der Waals surface area (Å²) in [6.45, 7) is 0. The lowest BCUT2D eigenvalue weighted by molar-refractivity contribution is 0.355. The summed E-state index contributed by atoms with van der Waals surface area (Å²) in [5, 5.41) is 0.851. The average molecular weight is 307 g/mol. The molecule has 4 aromatic rings. The number of hydrogen-bond acceptors (Lipinski definition) is 6. The van der Waals surface area contributed by atoms with Gasteiger partial charge in [-0.3, -0.25) is 4.57 Å². The first-order chi connectivity index (χ1) is 11.3. The maximum absolute atomic E-state index is 5.38. The molecule has 3 aromatic heterocycles. The number of hydrogen-bond donors (Lipinski definition) is 0. The molecule has 0 aliphatic rings. The maximum Gasteiger partial charge on any atom is 0.164 e. The van der Waals surface area contributed by atoms with Crippen molar-refractivity contribution in [2.45, 2.75) is 0 Å². The Balaban J connectivity index is 2.02. The van der Waals surface area contributed by atoms with Gasteiger partial charge in [0, 0.05) is 18.3 Å². The zero-order valence-corrected chi connectivity index (χ0v) is 12.6. The highest BCUT2D eigenvalue weighted by Crippen LogP contribution is 2.33. The van der Waals surface area contributed by atoms with Crippen molar-refractivity contribution in [3.63, 3.8) is 0 Å². The molecule has 0 N–H and O–H groups in total. The monoisotopic (exact) mass is 307 g/mol. The van der Waals surface area contributed by atoms with Gasteiger partial charge in [0.25, 0.3) is 0 Å². The first-order valence-corrected chi connectivity index (χ1v) is 6.97. The highest BCUT2D eigenvalue weighted by molar-refractivity contribution is 5.87. The van der Waals surface area contributed by atoms with E-state index in [-0.39, 0.29) is 0 Å². The third-order valence-electron chi connectivity index (χ3n) is 3.67. The van der Waals surface area contributed by atoms with Crippen LogP contribution in [0.5, 0.6) is 11.5 Å². The van der Waals surface area contributed by atoms with Gasteiger partial charge in [-0.25, -0.2) is 19.9 Å². The van der Waals surface area contributed by atoms with Crippen LogP contribution in [0.4, 0.5) is 0 Å². The third-order valence-corrected chi connectivity index (χ3v) is 3.67. The Morgan fingerprint density at radius 3 is 2.61 bits per heavy atom. The van der Waals surface area contributed by atoms with Crippen LogP contribution in [0.1, 0.15) is 0 Å². The molecule has 0 fully saturated rings. The zero-order valence-electron chi connectivity index (χ0n) is 12.6. The van der Waals surface area contributed by atoms with E-state index in [4.69, 9.17) is 9.47 Å². The molecular weight excluding hydrogens is 294 g/mol. The second-order valence-corrected chi connectivity index (χ2v) is 4.88. The molecule has 0 aliphatic carbocycles. The van der Waals surface area contributed by atoms with Gasteiger partial charge in [-0.1, -0.05) is 0 Å². The van der Waals surface area contributed by atoms with Crippen LogP contribution in [0.15, 0.2) is 43.1 Å². The van der Waals surface area contributed by atoms with Crippen molar-refractivity contribution in [3.8, 4) is 17.3 Å². The lowest BCUT2D eigenvalue weighted by Crippen LogP contribution is -1.99. The molecule has 114 valence electrons. The number of nitrogens with zero attached hydrogens (tertiary/aromatic N) is 5. The van der Waals surface area contributed by atoms with E-state index in [9.17, 15) is 0 Å². The van der Waals surface area contributed by atoms with Crippen LogP contribution in [0, 0.1) is 0 Å². The van der Waals surface area contributed by atoms with Gasteiger partial charge in [0.05, 0.1) is 30.6 Å². The molecule has 23 heavy (non-hydrogen) atoms. The van der Waals surface area contributed by atoms with Gasteiger partial charge in [0.2, 0.25) is 0 Å². The minimum Gasteiger partial charge on any atom is -0.493 e. The Kier molecular flexibility index (Phi) is 3.04. The molecule has 0 aliphatic heterocycles. The number of aromatic nitrogens is 5. The van der Waals surface area contributed by atoms with Gasteiger partial charge in [0.1, 0.15) is 12.7 Å². The summed E-state index contributed by atoms with van der Waals surface area (Å²) in [6, 6.07) is 7.51. The van der Waals surface area contributed by atoms with Crippen LogP contribution in [0.2, 0.25) is 0 Å². The quantitative estimate of drug-likeness (QED) is 0.578. The third kappa shape index (κ3) is 2.05. The molecule has 0 amide bonds. The summed E-state index contributed by atoms with van der Waals surface area (Å²) in [5.41, 5.74) is 2.30. The van der Waals surface area contributed by atoms with Gasteiger partial charge in [-0.15, -0.1) is 0 Å². The van der Waals surface area contributed by atoms with Crippen LogP contribution in [0.25, 0.3) is 27.9 Å². The van der Waals surface area contributed by atoms with Gasteiger partial charge in [-0.2, -0.15) is 0 Å². The van der Waals surface area contributed by atoms with E-state index in [2.05, 4.69) is 19.9 Å². The molecule has 7 nitrogen and oxygen atoms in total. The van der Waals surface area contributed by atoms with E-state index >= 15 is 0 Å². The van der Waals surface area contributed by atoms with E-state index in [0.717, 1.165) is 22.2 Å². The van der Waals surface area contributed by atoms with Crippen LogP contribution in [-0.2, 0) is 0 Å². The highest BCUT2D eigenvalue weighted by Gasteiger charge is 2.14. The van der Waals surface area contributed by atoms with Crippen LogP contribution in [-0.4, -0.2) is 38.7 Å². The van der Waals surface area contributed by atoms with Crippen molar-refractivity contribution in [1.29, 1.82) is 0 Å². The van der Waals surface area contributed by atoms with Crippen molar-refractivity contribution < 1.29 is 9.47 Å². The minimum absolute atomic E-state index is 0.637. The number of pyridine rings is 1. The lowest BCUT2D eigenvalue weighted by Gasteiger charge is -2.09. The average Bonchev–Trinajstić information content (AvgIpc) is 3.02. The topological polar surface area (TPSA) is 75.0 Å². The highest BCUT2D eigenvalue weighted by atomic mass is 16.5. The van der Waals surface area contributed by atoms with E-state index < -0.39 is 0 Å². The number of fused-ring (bicyclic) bond motifs is 2. The number of imidazole rings is 1. The molecule has 1 aromatic carbocycles. The second kappa shape index (κ2) is 5.20. The summed E-state index contributed by atoms with van der Waals surface area (Å²) in [5.74, 6) is 2.00. The van der Waals surface area contributed by atoms with Crippen LogP contribution < -0.4 is 9.47 Å². The summed E-state index contributed by atoms with van der Waals surface area (Å²) < 4.78 is 12.6. The molecule has 0 spiro atoms. The summed E-state index contributed by atoms with van der Waals surface area (Å²) >= 11 is 0. The van der Waals surface area contributed by atoms with Crippen molar-refractivity contribution in [3.05, 3.63) is 43.1 Å². The molecule has 0 bridgehead atoms. The maximum atomic E-state index is 5.38. The molecular formula is C16H13N5O2. The fraction of sp³-hybridized carbons (Fsp3) is 0.125. The fourth-order valence-electron chi connectivity index (χ4n) is 2.58. The first-order valence-electron chi connectivity index (χ1n) is 6.97. The molecule has 0 saturated heterocycles. The predicted molar refractivity (Wildman–Crippen MR) is 85.1 cm³/mol. The Morgan fingerprint density at radius 1 is 0.957 bits per heavy atom. The van der Waals surface area contributed by atoms with E-state index in [1.165, 1.54) is 6.33 Å². The number of benzene rings is 1. The number of methoxy groups -OCH3 is 2. The smallest absolute Gasteiger partial charge is 0.164 e. The molecule has 7 heteroatoms. The van der Waals surface area contributed by atoms with E-state index in [0.29, 0.717) is 17.1 Å². The van der Waals surface area contributed by atoms with Gasteiger partial charge >= 0.3 is 0 Å². The normalized spacial score (nSPS) is 11.0. The zero-order chi connectivity index (χ0) is 15.8. The Bertz CT molecular complexity index is 1010. The summed E-state index contributed by atoms with van der Waals surface area (Å²) in [6.07, 6.45) is 4.93. The Labute approximate surface area is 131 Å². The fourth-order valence-corrected chi connectivity index (χ4v) is 2.58. The SMILES string of the molecule is COc1cc2ncn(-c3ncnc4ncccc34)c2cc1OC. The van der Waals surface area contributed by atoms with E-state index in [1.54, 1.807) is 26.7 Å². The molecule has 0 radical (unpaired) electrons. The van der Waals surface area contributed by atoms with Crippen LogP contribution in [0.3, 0.4) is 0 Å². The van der Waals surface area contributed by atoms with Gasteiger partial charge < -0.3 is 9.47 Å². The molecule has 0 unspecified atom stereocenters. The standard InChI is InChI=1S/C16H13N5O2/c1-22-13-6-11-12(7-14(13)23-2)21(9-20-11)16-10-4-3-5-17-15(10)18-8-19-16/h3-9H,1-2H3. The molecule has 4 rings (SSSR count). The van der Waals surface area contributed by atoms with Gasteiger partial charge in [0.15, 0.2) is 23.0 Å². The second-order valence-electron chi connectivity index (χ2n) is 4.88. The summed E-state index contributed by atoms with van der Waals surface area (Å²) in [4.78, 5) is 17.3. The van der Waals surface area contributed by atoms with E-state index in [1.807, 2.05) is 28.8 Å². The molecule has 0 atom stereocenters. The lowest BCUT2D eigenvalue weighted by atomic mass is 10.2. The van der Waals surface area contributed by atoms with Crippen molar-refractivity contribution in [2.75, 3.05) is 14.2 Å². The van der Waals surface area contributed by atoms with Crippen LogP contribution >= 0.6 is 0 Å². The Morgan fingerprint density at radius 2 is 1.78 bits per heavy atom. The van der Waals surface area contributed by atoms with Crippen molar-refractivity contribution in [1.82, 2.24) is 24.5 Å². The summed E-state index contributed by atoms with van der Waals surface area (Å²) in [7, 11) is 3.21. The molecule has 3 heterocycles.